The van der Waals surface area contributed by atoms with Gasteiger partial charge in [0, 0.05) is 32.7 Å². The number of thiophene rings is 2. The van der Waals surface area contributed by atoms with Crippen molar-refractivity contribution in [1.29, 1.82) is 0 Å². The summed E-state index contributed by atoms with van der Waals surface area (Å²) in [5, 5.41) is 0. The van der Waals surface area contributed by atoms with Crippen LogP contribution in [0.2, 0.25) is 0 Å². The molecule has 0 spiro atoms. The van der Waals surface area contributed by atoms with Crippen LogP contribution in [0.4, 0.5) is 0 Å². The van der Waals surface area contributed by atoms with E-state index in [1.54, 1.807) is 11.3 Å². The third-order valence-electron chi connectivity index (χ3n) is 8.86. The fraction of sp³-hybridized carbons (Fsp3) is 0.733. The van der Waals surface area contributed by atoms with E-state index in [9.17, 15) is 9.59 Å². The summed E-state index contributed by atoms with van der Waals surface area (Å²) < 4.78 is 2.33. The van der Waals surface area contributed by atoms with Gasteiger partial charge in [-0.15, -0.1) is 22.7 Å². The second-order valence-corrected chi connectivity index (χ2v) is 13.6. The number of rotatable bonds is 2. The Labute approximate surface area is 213 Å². The number of carbonyl (C=O) groups is 2. The van der Waals surface area contributed by atoms with Crippen LogP contribution in [-0.2, 0) is 0 Å². The van der Waals surface area contributed by atoms with Crippen LogP contribution < -0.4 is 0 Å². The first-order valence-corrected chi connectivity index (χ1v) is 15.9. The quantitative estimate of drug-likeness (QED) is 0.386. The van der Waals surface area contributed by atoms with E-state index < -0.39 is 0 Å². The van der Waals surface area contributed by atoms with Gasteiger partial charge in [0.05, 0.1) is 9.40 Å². The molecule has 2 saturated carbocycles. The maximum atomic E-state index is 13.9. The van der Waals surface area contributed by atoms with E-state index in [-0.39, 0.29) is 11.8 Å². The van der Waals surface area contributed by atoms with Gasteiger partial charge >= 0.3 is 0 Å². The molecule has 0 saturated heterocycles. The smallest absolute Gasteiger partial charge is 0.168 e. The second kappa shape index (κ2) is 11.4. The van der Waals surface area contributed by atoms with Crippen molar-refractivity contribution >= 4 is 43.6 Å². The minimum Gasteiger partial charge on any atom is -0.294 e. The lowest BCUT2D eigenvalue weighted by Gasteiger charge is -2.28. The highest BCUT2D eigenvalue weighted by atomic mass is 32.1. The minimum atomic E-state index is 0.172. The van der Waals surface area contributed by atoms with Crippen molar-refractivity contribution in [2.24, 2.45) is 11.8 Å². The van der Waals surface area contributed by atoms with E-state index in [0.29, 0.717) is 17.5 Å². The van der Waals surface area contributed by atoms with Crippen molar-refractivity contribution in [3.63, 3.8) is 0 Å². The van der Waals surface area contributed by atoms with Gasteiger partial charge in [-0.2, -0.15) is 0 Å². The van der Waals surface area contributed by atoms with Gasteiger partial charge in [-0.1, -0.05) is 83.5 Å². The molecule has 0 amide bonds. The van der Waals surface area contributed by atoms with Crippen LogP contribution in [0.5, 0.6) is 0 Å². The number of hydrogen-bond donors (Lipinski definition) is 0. The molecule has 3 aliphatic carbocycles. The molecule has 0 aliphatic heterocycles. The van der Waals surface area contributed by atoms with Crippen LogP contribution in [0.15, 0.2) is 0 Å². The zero-order valence-corrected chi connectivity index (χ0v) is 22.7. The average Bonchev–Trinajstić information content (AvgIpc) is 3.33. The average molecular weight is 499 g/mol. The van der Waals surface area contributed by atoms with Crippen molar-refractivity contribution < 1.29 is 9.59 Å². The van der Waals surface area contributed by atoms with Gasteiger partial charge < -0.3 is 0 Å². The highest BCUT2D eigenvalue weighted by molar-refractivity contribution is 7.29. The highest BCUT2D eigenvalue weighted by Crippen LogP contribution is 2.51. The zero-order valence-electron chi connectivity index (χ0n) is 21.1. The SMILES string of the molecule is Cc1sc2c3c(sc2c1C(=O)C1CCCCCCCCC1)C1CCCCCCCCC(C1)C3=O. The number of Topliss-reactive ketones (excluding diaryl/α,β-unsaturated/α-hetero) is 2. The van der Waals surface area contributed by atoms with Gasteiger partial charge in [-0.3, -0.25) is 9.59 Å². The summed E-state index contributed by atoms with van der Waals surface area (Å²) in [6.07, 6.45) is 22.1. The third-order valence-corrected chi connectivity index (χ3v) is 11.5. The Morgan fingerprint density at radius 2 is 1.21 bits per heavy atom. The topological polar surface area (TPSA) is 34.1 Å². The van der Waals surface area contributed by atoms with Crippen molar-refractivity contribution in [2.45, 2.75) is 128 Å². The van der Waals surface area contributed by atoms with Crippen LogP contribution in [0, 0.1) is 18.8 Å². The summed E-state index contributed by atoms with van der Waals surface area (Å²) in [5.74, 6) is 1.69. The van der Waals surface area contributed by atoms with Crippen LogP contribution in [0.1, 0.15) is 152 Å². The molecular weight excluding hydrogens is 456 g/mol. The first kappa shape index (κ1) is 24.7. The van der Waals surface area contributed by atoms with Crippen molar-refractivity contribution in [2.75, 3.05) is 0 Å². The number of hydrogen-bond acceptors (Lipinski definition) is 4. The predicted molar refractivity (Wildman–Crippen MR) is 146 cm³/mol. The first-order valence-electron chi connectivity index (χ1n) is 14.3. The van der Waals surface area contributed by atoms with E-state index in [0.717, 1.165) is 46.4 Å². The van der Waals surface area contributed by atoms with Crippen molar-refractivity contribution in [3.05, 3.63) is 20.9 Å². The Balaban J connectivity index is 1.49. The molecule has 186 valence electrons. The largest absolute Gasteiger partial charge is 0.294 e. The predicted octanol–water partition coefficient (Wildman–Crippen LogP) is 10.0. The monoisotopic (exact) mass is 498 g/mol. The van der Waals surface area contributed by atoms with Crippen LogP contribution in [0.3, 0.4) is 0 Å². The normalized spacial score (nSPS) is 26.1. The lowest BCUT2D eigenvalue weighted by atomic mass is 9.76. The molecular formula is C30H42O2S2. The highest BCUT2D eigenvalue weighted by Gasteiger charge is 2.38. The molecule has 4 heteroatoms. The Bertz CT molecular complexity index is 1000. The standard InChI is InChI=1S/C30H42O2S2/c1-20-24(26(31)21-15-11-7-3-2-4-8-12-16-21)29-30(33-20)25-27(32)22-17-13-9-5-6-10-14-18-23(19-22)28(25)34-29/h21-23H,2-19H2,1H3. The molecule has 2 unspecified atom stereocenters. The lowest BCUT2D eigenvalue weighted by Crippen LogP contribution is -2.24. The molecule has 2 bridgehead atoms. The van der Waals surface area contributed by atoms with Gasteiger partial charge in [0.2, 0.25) is 0 Å². The van der Waals surface area contributed by atoms with Gasteiger partial charge in [-0.05, 0) is 44.9 Å². The summed E-state index contributed by atoms with van der Waals surface area (Å²) in [6, 6.07) is 0. The summed E-state index contributed by atoms with van der Waals surface area (Å²) in [6.45, 7) is 2.13. The lowest BCUT2D eigenvalue weighted by molar-refractivity contribution is 0.0881. The van der Waals surface area contributed by atoms with E-state index in [4.69, 9.17) is 0 Å². The molecule has 0 aromatic carbocycles. The van der Waals surface area contributed by atoms with E-state index >= 15 is 0 Å². The Morgan fingerprint density at radius 3 is 1.82 bits per heavy atom. The van der Waals surface area contributed by atoms with E-state index in [1.807, 2.05) is 11.3 Å². The maximum Gasteiger partial charge on any atom is 0.168 e. The number of fused-ring (bicyclic) bond motifs is 6. The maximum absolute atomic E-state index is 13.9. The summed E-state index contributed by atoms with van der Waals surface area (Å²) in [4.78, 5) is 30.2. The second-order valence-electron chi connectivity index (χ2n) is 11.3. The third kappa shape index (κ3) is 5.09. The fourth-order valence-corrected chi connectivity index (χ4v) is 9.84. The van der Waals surface area contributed by atoms with Crippen LogP contribution in [0.25, 0.3) is 9.40 Å². The van der Waals surface area contributed by atoms with Gasteiger partial charge in [-0.25, -0.2) is 0 Å². The first-order chi connectivity index (χ1) is 16.6. The van der Waals surface area contributed by atoms with Gasteiger partial charge in [0.15, 0.2) is 11.6 Å². The summed E-state index contributed by atoms with van der Waals surface area (Å²) >= 11 is 3.58. The molecule has 5 rings (SSSR count). The fourth-order valence-electron chi connectivity index (χ4n) is 6.89. The zero-order chi connectivity index (χ0) is 23.5. The molecule has 2 heterocycles. The van der Waals surface area contributed by atoms with Gasteiger partial charge in [0.1, 0.15) is 0 Å². The molecule has 0 radical (unpaired) electrons. The molecule has 0 N–H and O–H groups in total. The molecule has 2 aromatic rings. The molecule has 2 nitrogen and oxygen atoms in total. The number of aryl methyl sites for hydroxylation is 1. The minimum absolute atomic E-state index is 0.172. The molecule has 2 fully saturated rings. The summed E-state index contributed by atoms with van der Waals surface area (Å²) in [5.41, 5.74) is 2.03. The molecule has 2 aromatic heterocycles. The van der Waals surface area contributed by atoms with Crippen molar-refractivity contribution in [1.82, 2.24) is 0 Å². The van der Waals surface area contributed by atoms with Crippen LogP contribution >= 0.6 is 22.7 Å². The number of carbonyl (C=O) groups excluding carboxylic acids is 2. The Hall–Kier alpha value is -1.00. The van der Waals surface area contributed by atoms with Crippen molar-refractivity contribution in [3.8, 4) is 0 Å². The van der Waals surface area contributed by atoms with E-state index in [1.165, 1.54) is 99.5 Å². The summed E-state index contributed by atoms with van der Waals surface area (Å²) in [7, 11) is 0. The van der Waals surface area contributed by atoms with E-state index in [2.05, 4.69) is 6.92 Å². The molecule has 34 heavy (non-hydrogen) atoms. The number of ketones is 2. The van der Waals surface area contributed by atoms with Gasteiger partial charge in [0.25, 0.3) is 0 Å². The Morgan fingerprint density at radius 1 is 0.676 bits per heavy atom. The molecule has 2 atom stereocenters. The Kier molecular flexibility index (Phi) is 8.26. The van der Waals surface area contributed by atoms with Crippen LogP contribution in [-0.4, -0.2) is 11.6 Å². The molecule has 3 aliphatic rings.